The smallest absolute Gasteiger partial charge is 0.0757 e. The summed E-state index contributed by atoms with van der Waals surface area (Å²) in [5.41, 5.74) is 2.64. The number of hydrogen-bond donors (Lipinski definition) is 1. The van der Waals surface area contributed by atoms with Gasteiger partial charge >= 0.3 is 0 Å². The summed E-state index contributed by atoms with van der Waals surface area (Å²) >= 11 is 1.85. The van der Waals surface area contributed by atoms with Crippen molar-refractivity contribution in [3.05, 3.63) is 46.7 Å². The molecule has 2 atom stereocenters. The van der Waals surface area contributed by atoms with E-state index >= 15 is 0 Å². The number of hydrogen-bond acceptors (Lipinski definition) is 3. The second-order valence-corrected chi connectivity index (χ2v) is 7.11. The molecule has 0 radical (unpaired) electrons. The monoisotopic (exact) mass is 299 g/mol. The molecule has 2 fully saturated rings. The number of rotatable bonds is 5. The van der Waals surface area contributed by atoms with Gasteiger partial charge in [-0.05, 0) is 47.8 Å². The Balaban J connectivity index is 1.38. The fourth-order valence-electron chi connectivity index (χ4n) is 3.21. The molecule has 1 saturated carbocycles. The molecule has 2 nitrogen and oxygen atoms in total. The van der Waals surface area contributed by atoms with Gasteiger partial charge in [-0.2, -0.15) is 0 Å². The van der Waals surface area contributed by atoms with Gasteiger partial charge in [-0.15, -0.1) is 11.3 Å². The minimum atomic E-state index is 0.471. The molecule has 1 aromatic carbocycles. The minimum absolute atomic E-state index is 0.471. The maximum absolute atomic E-state index is 5.89. The summed E-state index contributed by atoms with van der Waals surface area (Å²) in [5.74, 6) is 0.827. The zero-order valence-electron chi connectivity index (χ0n) is 12.1. The molecule has 1 aliphatic heterocycles. The third-order valence-electron chi connectivity index (χ3n) is 4.52. The highest BCUT2D eigenvalue weighted by Gasteiger charge is 2.40. The molecule has 1 saturated heterocycles. The summed E-state index contributed by atoms with van der Waals surface area (Å²) in [7, 11) is 0. The van der Waals surface area contributed by atoms with Crippen LogP contribution in [0.15, 0.2) is 41.8 Å². The lowest BCUT2D eigenvalue weighted by molar-refractivity contribution is 0.0809. The standard InChI is InChI=1S/C18H21NOS/c1-2-4-13(5-3-1)15-10-16(21-12-15)11-19-17-8-9-20-18(17)14-6-7-14/h1-5,10,12,14,17-19H,6-9,11H2. The zero-order chi connectivity index (χ0) is 14.1. The summed E-state index contributed by atoms with van der Waals surface area (Å²) in [6.45, 7) is 1.90. The Morgan fingerprint density at radius 1 is 1.10 bits per heavy atom. The van der Waals surface area contributed by atoms with Crippen molar-refractivity contribution >= 4 is 11.3 Å². The van der Waals surface area contributed by atoms with E-state index in [-0.39, 0.29) is 0 Å². The molecule has 2 aliphatic rings. The van der Waals surface area contributed by atoms with Crippen LogP contribution in [0, 0.1) is 5.92 Å². The van der Waals surface area contributed by atoms with E-state index in [1.54, 1.807) is 0 Å². The van der Waals surface area contributed by atoms with Crippen LogP contribution < -0.4 is 5.32 Å². The first kappa shape index (κ1) is 13.5. The van der Waals surface area contributed by atoms with Crippen molar-refractivity contribution in [1.29, 1.82) is 0 Å². The van der Waals surface area contributed by atoms with E-state index < -0.39 is 0 Å². The molecule has 2 aromatic rings. The SMILES string of the molecule is c1ccc(-c2csc(CNC3CCOC3C3CC3)c2)cc1. The maximum atomic E-state index is 5.89. The quantitative estimate of drug-likeness (QED) is 0.898. The first-order chi connectivity index (χ1) is 10.4. The van der Waals surface area contributed by atoms with Crippen LogP contribution >= 0.6 is 11.3 Å². The summed E-state index contributed by atoms with van der Waals surface area (Å²) in [6.07, 6.45) is 4.36. The van der Waals surface area contributed by atoms with Crippen molar-refractivity contribution in [2.45, 2.75) is 38.0 Å². The van der Waals surface area contributed by atoms with Gasteiger partial charge in [0.15, 0.2) is 0 Å². The van der Waals surface area contributed by atoms with Crippen molar-refractivity contribution in [3.8, 4) is 11.1 Å². The van der Waals surface area contributed by atoms with Gasteiger partial charge in [-0.25, -0.2) is 0 Å². The van der Waals surface area contributed by atoms with Gasteiger partial charge in [0.25, 0.3) is 0 Å². The minimum Gasteiger partial charge on any atom is -0.376 e. The Hall–Kier alpha value is -1.16. The van der Waals surface area contributed by atoms with Gasteiger partial charge in [0.2, 0.25) is 0 Å². The molecule has 1 aromatic heterocycles. The van der Waals surface area contributed by atoms with E-state index in [1.165, 1.54) is 28.8 Å². The number of nitrogens with one attached hydrogen (secondary N) is 1. The van der Waals surface area contributed by atoms with Gasteiger partial charge in [-0.3, -0.25) is 0 Å². The lowest BCUT2D eigenvalue weighted by atomic mass is 10.1. The van der Waals surface area contributed by atoms with Crippen LogP contribution in [-0.2, 0) is 11.3 Å². The molecule has 3 heteroatoms. The Morgan fingerprint density at radius 3 is 2.76 bits per heavy atom. The summed E-state index contributed by atoms with van der Waals surface area (Å²) in [4.78, 5) is 1.41. The Labute approximate surface area is 130 Å². The average Bonchev–Trinajstić information content (AvgIpc) is 3.09. The zero-order valence-corrected chi connectivity index (χ0v) is 12.9. The van der Waals surface area contributed by atoms with Gasteiger partial charge in [-0.1, -0.05) is 30.3 Å². The number of ether oxygens (including phenoxy) is 1. The molecule has 2 unspecified atom stereocenters. The molecule has 0 amide bonds. The van der Waals surface area contributed by atoms with E-state index in [2.05, 4.69) is 47.1 Å². The molecule has 0 bridgehead atoms. The second kappa shape index (κ2) is 5.91. The summed E-state index contributed by atoms with van der Waals surface area (Å²) < 4.78 is 5.89. The fraction of sp³-hybridized carbons (Fsp3) is 0.444. The molecule has 21 heavy (non-hydrogen) atoms. The van der Waals surface area contributed by atoms with Crippen LogP contribution in [0.2, 0.25) is 0 Å². The summed E-state index contributed by atoms with van der Waals surface area (Å²) in [5, 5.41) is 5.98. The topological polar surface area (TPSA) is 21.3 Å². The number of benzene rings is 1. The van der Waals surface area contributed by atoms with Crippen LogP contribution in [0.4, 0.5) is 0 Å². The van der Waals surface area contributed by atoms with Crippen molar-refractivity contribution in [2.75, 3.05) is 6.61 Å². The second-order valence-electron chi connectivity index (χ2n) is 6.12. The number of thiophene rings is 1. The largest absolute Gasteiger partial charge is 0.376 e. The van der Waals surface area contributed by atoms with Crippen LogP contribution in [0.25, 0.3) is 11.1 Å². The Bertz CT molecular complexity index is 590. The highest BCUT2D eigenvalue weighted by molar-refractivity contribution is 7.10. The van der Waals surface area contributed by atoms with Crippen LogP contribution in [0.3, 0.4) is 0 Å². The molecule has 110 valence electrons. The molecule has 0 spiro atoms. The normalized spacial score (nSPS) is 25.3. The van der Waals surface area contributed by atoms with E-state index in [0.29, 0.717) is 12.1 Å². The maximum Gasteiger partial charge on any atom is 0.0757 e. The van der Waals surface area contributed by atoms with E-state index in [9.17, 15) is 0 Å². The highest BCUT2D eigenvalue weighted by atomic mass is 32.1. The van der Waals surface area contributed by atoms with Gasteiger partial charge < -0.3 is 10.1 Å². The molecular formula is C18H21NOS. The first-order valence-electron chi connectivity index (χ1n) is 7.88. The predicted octanol–water partition coefficient (Wildman–Crippen LogP) is 4.07. The first-order valence-corrected chi connectivity index (χ1v) is 8.76. The van der Waals surface area contributed by atoms with Gasteiger partial charge in [0.1, 0.15) is 0 Å². The molecule has 1 N–H and O–H groups in total. The van der Waals surface area contributed by atoms with Crippen LogP contribution in [0.5, 0.6) is 0 Å². The third-order valence-corrected chi connectivity index (χ3v) is 5.46. The van der Waals surface area contributed by atoms with Crippen molar-refractivity contribution in [3.63, 3.8) is 0 Å². The van der Waals surface area contributed by atoms with Crippen LogP contribution in [-0.4, -0.2) is 18.8 Å². The van der Waals surface area contributed by atoms with E-state index in [4.69, 9.17) is 4.74 Å². The van der Waals surface area contributed by atoms with Crippen molar-refractivity contribution in [2.24, 2.45) is 5.92 Å². The molecule has 4 rings (SSSR count). The molecular weight excluding hydrogens is 278 g/mol. The average molecular weight is 299 g/mol. The van der Waals surface area contributed by atoms with Gasteiger partial charge in [0.05, 0.1) is 6.10 Å². The lowest BCUT2D eigenvalue weighted by Crippen LogP contribution is -2.36. The van der Waals surface area contributed by atoms with Crippen molar-refractivity contribution in [1.82, 2.24) is 5.32 Å². The Morgan fingerprint density at radius 2 is 1.95 bits per heavy atom. The summed E-state index contributed by atoms with van der Waals surface area (Å²) in [6, 6.07) is 13.5. The van der Waals surface area contributed by atoms with Crippen molar-refractivity contribution < 1.29 is 4.74 Å². The lowest BCUT2D eigenvalue weighted by Gasteiger charge is -2.19. The highest BCUT2D eigenvalue weighted by Crippen LogP contribution is 2.39. The predicted molar refractivity (Wildman–Crippen MR) is 87.5 cm³/mol. The molecule has 2 heterocycles. The van der Waals surface area contributed by atoms with Crippen LogP contribution in [0.1, 0.15) is 24.1 Å². The van der Waals surface area contributed by atoms with E-state index in [1.807, 2.05) is 11.3 Å². The third kappa shape index (κ3) is 3.05. The Kier molecular flexibility index (Phi) is 3.80. The fourth-order valence-corrected chi connectivity index (χ4v) is 4.05. The van der Waals surface area contributed by atoms with E-state index in [0.717, 1.165) is 25.5 Å². The van der Waals surface area contributed by atoms with Gasteiger partial charge in [0, 0.05) is 24.1 Å². The molecule has 1 aliphatic carbocycles.